The summed E-state index contributed by atoms with van der Waals surface area (Å²) in [6, 6.07) is 4.39. The molecule has 0 aromatic heterocycles. The fourth-order valence-electron chi connectivity index (χ4n) is 1.10. The Hall–Kier alpha value is -0.640. The molecule has 0 amide bonds. The van der Waals surface area contributed by atoms with Gasteiger partial charge in [0.25, 0.3) is 0 Å². The molecule has 1 aromatic carbocycles. The summed E-state index contributed by atoms with van der Waals surface area (Å²) < 4.78 is 13.0. The summed E-state index contributed by atoms with van der Waals surface area (Å²) in [6.07, 6.45) is -1.63. The minimum Gasteiger partial charge on any atom is -0.391 e. The number of halogens is 2. The van der Waals surface area contributed by atoms with Gasteiger partial charge in [-0.05, 0) is 18.6 Å². The highest BCUT2D eigenvalue weighted by atomic mass is 35.5. The largest absolute Gasteiger partial charge is 0.391 e. The summed E-state index contributed by atoms with van der Waals surface area (Å²) in [6.45, 7) is 1.47. The zero-order valence-corrected chi connectivity index (χ0v) is 8.50. The van der Waals surface area contributed by atoms with Crippen LogP contribution in [-0.2, 0) is 6.42 Å². The topological polar surface area (TPSA) is 40.5 Å². The van der Waals surface area contributed by atoms with E-state index in [0.717, 1.165) is 0 Å². The van der Waals surface area contributed by atoms with E-state index in [0.29, 0.717) is 5.56 Å². The lowest BCUT2D eigenvalue weighted by Gasteiger charge is -2.14. The summed E-state index contributed by atoms with van der Waals surface area (Å²) >= 11 is 5.67. The van der Waals surface area contributed by atoms with Gasteiger partial charge in [0.05, 0.1) is 17.2 Å². The number of hydrogen-bond acceptors (Lipinski definition) is 2. The van der Waals surface area contributed by atoms with Gasteiger partial charge < -0.3 is 10.2 Å². The first-order valence-corrected chi connectivity index (χ1v) is 4.69. The van der Waals surface area contributed by atoms with Crippen LogP contribution < -0.4 is 0 Å². The maximum absolute atomic E-state index is 13.0. The van der Waals surface area contributed by atoms with E-state index >= 15 is 0 Å². The average molecular weight is 219 g/mol. The van der Waals surface area contributed by atoms with Gasteiger partial charge in [0.2, 0.25) is 0 Å². The second-order valence-corrected chi connectivity index (χ2v) is 3.60. The normalized spacial score (nSPS) is 15.2. The third kappa shape index (κ3) is 2.67. The molecule has 0 heterocycles. The van der Waals surface area contributed by atoms with E-state index in [4.69, 9.17) is 16.7 Å². The molecule has 0 saturated heterocycles. The van der Waals surface area contributed by atoms with E-state index in [9.17, 15) is 9.50 Å². The molecule has 0 fully saturated rings. The van der Waals surface area contributed by atoms with Gasteiger partial charge in [-0.1, -0.05) is 23.7 Å². The van der Waals surface area contributed by atoms with Crippen LogP contribution in [-0.4, -0.2) is 22.4 Å². The van der Waals surface area contributed by atoms with Gasteiger partial charge in [0.1, 0.15) is 5.82 Å². The monoisotopic (exact) mass is 218 g/mol. The minimum absolute atomic E-state index is 0.00667. The molecule has 0 radical (unpaired) electrons. The zero-order chi connectivity index (χ0) is 10.7. The van der Waals surface area contributed by atoms with Crippen LogP contribution in [0.3, 0.4) is 0 Å². The lowest BCUT2D eigenvalue weighted by Crippen LogP contribution is -2.24. The predicted octanol–water partition coefficient (Wildman–Crippen LogP) is 1.76. The van der Waals surface area contributed by atoms with Gasteiger partial charge in [-0.3, -0.25) is 0 Å². The van der Waals surface area contributed by atoms with Crippen LogP contribution in [0.15, 0.2) is 18.2 Å². The first-order valence-electron chi connectivity index (χ1n) is 4.31. The van der Waals surface area contributed by atoms with Crippen LogP contribution in [0.2, 0.25) is 5.02 Å². The van der Waals surface area contributed by atoms with Crippen molar-refractivity contribution in [2.75, 3.05) is 0 Å². The summed E-state index contributed by atoms with van der Waals surface area (Å²) in [5, 5.41) is 18.4. The quantitative estimate of drug-likeness (QED) is 0.812. The maximum Gasteiger partial charge on any atom is 0.142 e. The molecule has 0 bridgehead atoms. The Morgan fingerprint density at radius 3 is 2.64 bits per heavy atom. The van der Waals surface area contributed by atoms with Crippen molar-refractivity contribution in [3.8, 4) is 0 Å². The van der Waals surface area contributed by atoms with Gasteiger partial charge >= 0.3 is 0 Å². The Bertz CT molecular complexity index is 315. The molecule has 0 aliphatic rings. The van der Waals surface area contributed by atoms with Crippen molar-refractivity contribution in [2.45, 2.75) is 25.6 Å². The van der Waals surface area contributed by atoms with Crippen LogP contribution in [0.1, 0.15) is 12.5 Å². The van der Waals surface area contributed by atoms with Gasteiger partial charge in [0.15, 0.2) is 0 Å². The highest BCUT2D eigenvalue weighted by Crippen LogP contribution is 2.21. The van der Waals surface area contributed by atoms with Gasteiger partial charge in [-0.2, -0.15) is 0 Å². The van der Waals surface area contributed by atoms with Crippen LogP contribution in [0.25, 0.3) is 0 Å². The third-order valence-electron chi connectivity index (χ3n) is 2.02. The number of aliphatic hydroxyl groups is 2. The summed E-state index contributed by atoms with van der Waals surface area (Å²) in [5.41, 5.74) is 0.500. The third-order valence-corrected chi connectivity index (χ3v) is 2.44. The van der Waals surface area contributed by atoms with E-state index in [1.54, 1.807) is 6.07 Å². The molecule has 1 aromatic rings. The molecule has 0 spiro atoms. The zero-order valence-electron chi connectivity index (χ0n) is 7.74. The SMILES string of the molecule is CC(O)C(O)Cc1cccc(F)c1Cl. The van der Waals surface area contributed by atoms with E-state index in [1.165, 1.54) is 19.1 Å². The van der Waals surface area contributed by atoms with E-state index in [1.807, 2.05) is 0 Å². The van der Waals surface area contributed by atoms with E-state index < -0.39 is 18.0 Å². The lowest BCUT2D eigenvalue weighted by atomic mass is 10.0. The van der Waals surface area contributed by atoms with E-state index in [-0.39, 0.29) is 11.4 Å². The molecule has 78 valence electrons. The van der Waals surface area contributed by atoms with Crippen molar-refractivity contribution in [1.82, 2.24) is 0 Å². The number of aliphatic hydroxyl groups excluding tert-OH is 2. The Labute approximate surface area is 86.9 Å². The average Bonchev–Trinajstić information content (AvgIpc) is 2.12. The summed E-state index contributed by atoms with van der Waals surface area (Å²) in [5.74, 6) is -0.512. The second kappa shape index (κ2) is 4.73. The first kappa shape index (κ1) is 11.4. The summed E-state index contributed by atoms with van der Waals surface area (Å²) in [7, 11) is 0. The minimum atomic E-state index is -0.922. The molecule has 4 heteroatoms. The predicted molar refractivity (Wildman–Crippen MR) is 52.8 cm³/mol. The summed E-state index contributed by atoms with van der Waals surface area (Å²) in [4.78, 5) is 0. The Morgan fingerprint density at radius 2 is 2.07 bits per heavy atom. The molecule has 2 nitrogen and oxygen atoms in total. The number of benzene rings is 1. The Morgan fingerprint density at radius 1 is 1.43 bits per heavy atom. The molecule has 14 heavy (non-hydrogen) atoms. The standard InChI is InChI=1S/C10H12ClFO2/c1-6(13)9(14)5-7-3-2-4-8(12)10(7)11/h2-4,6,9,13-14H,5H2,1H3. The van der Waals surface area contributed by atoms with Crippen molar-refractivity contribution in [2.24, 2.45) is 0 Å². The molecule has 0 aliphatic heterocycles. The fourth-order valence-corrected chi connectivity index (χ4v) is 1.31. The lowest BCUT2D eigenvalue weighted by molar-refractivity contribution is 0.0319. The molecule has 2 unspecified atom stereocenters. The van der Waals surface area contributed by atoms with Crippen molar-refractivity contribution >= 4 is 11.6 Å². The highest BCUT2D eigenvalue weighted by Gasteiger charge is 2.14. The first-order chi connectivity index (χ1) is 6.52. The van der Waals surface area contributed by atoms with Gasteiger partial charge in [0, 0.05) is 6.42 Å². The van der Waals surface area contributed by atoms with Crippen LogP contribution in [0, 0.1) is 5.82 Å². The van der Waals surface area contributed by atoms with Crippen molar-refractivity contribution in [3.05, 3.63) is 34.6 Å². The fraction of sp³-hybridized carbons (Fsp3) is 0.400. The maximum atomic E-state index is 13.0. The molecule has 2 N–H and O–H groups in total. The van der Waals surface area contributed by atoms with Gasteiger partial charge in [-0.15, -0.1) is 0 Å². The van der Waals surface area contributed by atoms with Crippen molar-refractivity contribution in [3.63, 3.8) is 0 Å². The van der Waals surface area contributed by atoms with Gasteiger partial charge in [-0.25, -0.2) is 4.39 Å². The van der Waals surface area contributed by atoms with Crippen LogP contribution in [0.4, 0.5) is 4.39 Å². The molecule has 2 atom stereocenters. The number of hydrogen-bond donors (Lipinski definition) is 2. The smallest absolute Gasteiger partial charge is 0.142 e. The molecule has 0 saturated carbocycles. The van der Waals surface area contributed by atoms with Crippen molar-refractivity contribution in [1.29, 1.82) is 0 Å². The Kier molecular flexibility index (Phi) is 3.86. The Balaban J connectivity index is 2.82. The molecular weight excluding hydrogens is 207 g/mol. The second-order valence-electron chi connectivity index (χ2n) is 3.23. The highest BCUT2D eigenvalue weighted by molar-refractivity contribution is 6.31. The van der Waals surface area contributed by atoms with Crippen molar-refractivity contribution < 1.29 is 14.6 Å². The molecular formula is C10H12ClFO2. The number of rotatable bonds is 3. The van der Waals surface area contributed by atoms with Crippen LogP contribution in [0.5, 0.6) is 0 Å². The molecule has 1 rings (SSSR count). The molecule has 0 aliphatic carbocycles. The van der Waals surface area contributed by atoms with E-state index in [2.05, 4.69) is 0 Å². The van der Waals surface area contributed by atoms with Crippen LogP contribution >= 0.6 is 11.6 Å².